The molecule has 18 heavy (non-hydrogen) atoms. The van der Waals surface area contributed by atoms with Crippen LogP contribution in [0.2, 0.25) is 0 Å². The molecule has 0 unspecified atom stereocenters. The second kappa shape index (κ2) is 4.75. The van der Waals surface area contributed by atoms with Gasteiger partial charge in [-0.3, -0.25) is 0 Å². The summed E-state index contributed by atoms with van der Waals surface area (Å²) < 4.78 is 74.8. The zero-order chi connectivity index (χ0) is 14.1. The number of halogens is 6. The average molecular weight is 287 g/mol. The standard InChI is InChI=1S/C10H7F6NS/c1-17-8(18)5-2-6(9(11,12)13)4-7(3-5)10(14,15)16/h2-4H,1H3,(H,17,18). The second-order valence-electron chi connectivity index (χ2n) is 3.37. The number of rotatable bonds is 1. The van der Waals surface area contributed by atoms with Crippen molar-refractivity contribution in [3.05, 3.63) is 34.9 Å². The van der Waals surface area contributed by atoms with E-state index in [9.17, 15) is 26.3 Å². The van der Waals surface area contributed by atoms with Gasteiger partial charge in [0.05, 0.1) is 11.1 Å². The van der Waals surface area contributed by atoms with Crippen molar-refractivity contribution < 1.29 is 26.3 Å². The Morgan fingerprint density at radius 2 is 1.33 bits per heavy atom. The van der Waals surface area contributed by atoms with Crippen LogP contribution in [0, 0.1) is 0 Å². The van der Waals surface area contributed by atoms with Gasteiger partial charge >= 0.3 is 12.4 Å². The maximum Gasteiger partial charge on any atom is 0.416 e. The van der Waals surface area contributed by atoms with E-state index in [-0.39, 0.29) is 16.6 Å². The molecule has 0 atom stereocenters. The Bertz CT molecular complexity index is 430. The highest BCUT2D eigenvalue weighted by atomic mass is 32.1. The fourth-order valence-electron chi connectivity index (χ4n) is 1.23. The number of alkyl halides is 6. The predicted molar refractivity (Wildman–Crippen MR) is 57.2 cm³/mol. The van der Waals surface area contributed by atoms with Crippen LogP contribution in [0.5, 0.6) is 0 Å². The van der Waals surface area contributed by atoms with Gasteiger partial charge in [0.15, 0.2) is 0 Å². The van der Waals surface area contributed by atoms with Crippen molar-refractivity contribution in [2.75, 3.05) is 7.05 Å². The molecule has 1 N–H and O–H groups in total. The van der Waals surface area contributed by atoms with E-state index < -0.39 is 23.5 Å². The Labute approximate surface area is 104 Å². The van der Waals surface area contributed by atoms with Gasteiger partial charge in [0.25, 0.3) is 0 Å². The summed E-state index contributed by atoms with van der Waals surface area (Å²) in [4.78, 5) is -0.188. The van der Waals surface area contributed by atoms with Crippen LogP contribution in [0.3, 0.4) is 0 Å². The SMILES string of the molecule is CNC(=S)c1cc(C(F)(F)F)cc(C(F)(F)F)c1. The molecule has 0 saturated heterocycles. The van der Waals surface area contributed by atoms with Gasteiger partial charge in [0.2, 0.25) is 0 Å². The molecule has 0 amide bonds. The van der Waals surface area contributed by atoms with Crippen molar-refractivity contribution in [2.24, 2.45) is 0 Å². The Morgan fingerprint density at radius 3 is 1.61 bits per heavy atom. The molecule has 1 aromatic carbocycles. The third kappa shape index (κ3) is 3.34. The zero-order valence-electron chi connectivity index (χ0n) is 8.91. The molecule has 0 radical (unpaired) electrons. The third-order valence-electron chi connectivity index (χ3n) is 2.08. The summed E-state index contributed by atoms with van der Waals surface area (Å²) in [5.41, 5.74) is -3.09. The van der Waals surface area contributed by atoms with Crippen LogP contribution in [-0.2, 0) is 12.4 Å². The van der Waals surface area contributed by atoms with Gasteiger partial charge < -0.3 is 5.32 Å². The van der Waals surface area contributed by atoms with Gasteiger partial charge in [-0.15, -0.1) is 0 Å². The van der Waals surface area contributed by atoms with Crippen molar-refractivity contribution in [3.63, 3.8) is 0 Å². The number of hydrogen-bond donors (Lipinski definition) is 1. The Balaban J connectivity index is 3.44. The molecule has 0 fully saturated rings. The van der Waals surface area contributed by atoms with E-state index in [4.69, 9.17) is 0 Å². The van der Waals surface area contributed by atoms with Crippen molar-refractivity contribution in [2.45, 2.75) is 12.4 Å². The quantitative estimate of drug-likeness (QED) is 0.625. The summed E-state index contributed by atoms with van der Waals surface area (Å²) >= 11 is 4.64. The summed E-state index contributed by atoms with van der Waals surface area (Å²) in [6.45, 7) is 0. The lowest BCUT2D eigenvalue weighted by atomic mass is 10.0. The van der Waals surface area contributed by atoms with Gasteiger partial charge in [-0.2, -0.15) is 26.3 Å². The molecular weight excluding hydrogens is 280 g/mol. The molecule has 0 heterocycles. The number of nitrogens with one attached hydrogen (secondary N) is 1. The van der Waals surface area contributed by atoms with Crippen LogP contribution in [0.1, 0.15) is 16.7 Å². The van der Waals surface area contributed by atoms with Crippen LogP contribution in [0.15, 0.2) is 18.2 Å². The van der Waals surface area contributed by atoms with Crippen LogP contribution in [-0.4, -0.2) is 12.0 Å². The Kier molecular flexibility index (Phi) is 3.89. The van der Waals surface area contributed by atoms with Crippen molar-refractivity contribution >= 4 is 17.2 Å². The van der Waals surface area contributed by atoms with Crippen LogP contribution in [0.4, 0.5) is 26.3 Å². The number of hydrogen-bond acceptors (Lipinski definition) is 1. The fraction of sp³-hybridized carbons (Fsp3) is 0.300. The third-order valence-corrected chi connectivity index (χ3v) is 2.52. The summed E-state index contributed by atoms with van der Waals surface area (Å²) in [5, 5.41) is 2.34. The second-order valence-corrected chi connectivity index (χ2v) is 3.78. The van der Waals surface area contributed by atoms with Crippen LogP contribution in [0.25, 0.3) is 0 Å². The number of thiocarbonyl (C=S) groups is 1. The van der Waals surface area contributed by atoms with Crippen LogP contribution >= 0.6 is 12.2 Å². The first kappa shape index (κ1) is 14.7. The largest absolute Gasteiger partial charge is 0.416 e. The topological polar surface area (TPSA) is 12.0 Å². The molecule has 1 rings (SSSR count). The molecule has 0 bridgehead atoms. The summed E-state index contributed by atoms with van der Waals surface area (Å²) in [7, 11) is 1.32. The molecule has 0 saturated carbocycles. The normalized spacial score (nSPS) is 12.4. The van der Waals surface area contributed by atoms with E-state index in [0.717, 1.165) is 0 Å². The van der Waals surface area contributed by atoms with Gasteiger partial charge in [-0.05, 0) is 18.2 Å². The molecule has 1 nitrogen and oxygen atoms in total. The van der Waals surface area contributed by atoms with E-state index in [1.165, 1.54) is 7.05 Å². The minimum Gasteiger partial charge on any atom is -0.379 e. The smallest absolute Gasteiger partial charge is 0.379 e. The minimum atomic E-state index is -4.86. The first-order valence-electron chi connectivity index (χ1n) is 4.57. The van der Waals surface area contributed by atoms with Gasteiger partial charge in [0.1, 0.15) is 4.99 Å². The summed E-state index contributed by atoms with van der Waals surface area (Å²) in [6.07, 6.45) is -9.72. The summed E-state index contributed by atoms with van der Waals surface area (Å²) in [6, 6.07) is 1.21. The first-order valence-corrected chi connectivity index (χ1v) is 4.98. The van der Waals surface area contributed by atoms with Gasteiger partial charge in [-0.25, -0.2) is 0 Å². The molecule has 0 aliphatic rings. The van der Waals surface area contributed by atoms with E-state index in [2.05, 4.69) is 17.5 Å². The molecule has 0 spiro atoms. The molecule has 100 valence electrons. The van der Waals surface area contributed by atoms with E-state index in [1.54, 1.807) is 0 Å². The van der Waals surface area contributed by atoms with E-state index in [1.807, 2.05) is 0 Å². The lowest BCUT2D eigenvalue weighted by Crippen LogP contribution is -2.19. The monoisotopic (exact) mass is 287 g/mol. The maximum atomic E-state index is 12.5. The molecule has 8 heteroatoms. The molecule has 0 aliphatic carbocycles. The molecule has 1 aromatic rings. The van der Waals surface area contributed by atoms with Gasteiger partial charge in [-0.1, -0.05) is 12.2 Å². The zero-order valence-corrected chi connectivity index (χ0v) is 9.72. The van der Waals surface area contributed by atoms with E-state index in [0.29, 0.717) is 12.1 Å². The molecular formula is C10H7F6NS. The van der Waals surface area contributed by atoms with Crippen molar-refractivity contribution in [1.82, 2.24) is 5.32 Å². The van der Waals surface area contributed by atoms with Crippen molar-refractivity contribution in [3.8, 4) is 0 Å². The highest BCUT2D eigenvalue weighted by Crippen LogP contribution is 2.36. The van der Waals surface area contributed by atoms with Gasteiger partial charge in [0, 0.05) is 12.6 Å². The Morgan fingerprint density at radius 1 is 0.944 bits per heavy atom. The lowest BCUT2D eigenvalue weighted by Gasteiger charge is -2.14. The maximum absolute atomic E-state index is 12.5. The van der Waals surface area contributed by atoms with E-state index >= 15 is 0 Å². The van der Waals surface area contributed by atoms with Crippen molar-refractivity contribution in [1.29, 1.82) is 0 Å². The van der Waals surface area contributed by atoms with Crippen LogP contribution < -0.4 is 5.32 Å². The molecule has 0 aliphatic heterocycles. The fourth-order valence-corrected chi connectivity index (χ4v) is 1.35. The summed E-state index contributed by atoms with van der Waals surface area (Å²) in [5.74, 6) is 0. The Hall–Kier alpha value is -1.31. The predicted octanol–water partition coefficient (Wildman–Crippen LogP) is 3.62. The lowest BCUT2D eigenvalue weighted by molar-refractivity contribution is -0.143. The average Bonchev–Trinajstić information content (AvgIpc) is 2.25. The highest BCUT2D eigenvalue weighted by Gasteiger charge is 2.37. The first-order chi connectivity index (χ1) is 8.05. The highest BCUT2D eigenvalue weighted by molar-refractivity contribution is 7.80. The number of benzene rings is 1. The molecule has 0 aromatic heterocycles. The minimum absolute atomic E-state index is 0.0573.